The van der Waals surface area contributed by atoms with Crippen molar-refractivity contribution in [3.63, 3.8) is 0 Å². The molecule has 0 atom stereocenters. The van der Waals surface area contributed by atoms with E-state index >= 15 is 0 Å². The van der Waals surface area contributed by atoms with Gasteiger partial charge in [0.1, 0.15) is 0 Å². The maximum absolute atomic E-state index is 12.4. The Hall–Kier alpha value is -2.78. The van der Waals surface area contributed by atoms with E-state index in [1.807, 2.05) is 13.0 Å². The molecule has 0 amide bonds. The van der Waals surface area contributed by atoms with E-state index in [0.717, 1.165) is 12.0 Å². The molecule has 2 aromatic heterocycles. The van der Waals surface area contributed by atoms with Crippen molar-refractivity contribution in [3.05, 3.63) is 64.8 Å². The molecule has 0 aliphatic heterocycles. The van der Waals surface area contributed by atoms with E-state index in [0.29, 0.717) is 11.4 Å². The van der Waals surface area contributed by atoms with Crippen LogP contribution in [0.15, 0.2) is 58.5 Å². The van der Waals surface area contributed by atoms with E-state index < -0.39 is 10.0 Å². The number of nitrogens with one attached hydrogen (secondary N) is 1. The van der Waals surface area contributed by atoms with Crippen molar-refractivity contribution in [1.82, 2.24) is 24.1 Å². The van der Waals surface area contributed by atoms with Crippen LogP contribution >= 0.6 is 0 Å². The minimum absolute atomic E-state index is 0.0568. The number of hydrogen-bond donors (Lipinski definition) is 1. The summed E-state index contributed by atoms with van der Waals surface area (Å²) in [5.74, 6) is 0.478. The lowest BCUT2D eigenvalue weighted by Gasteiger charge is -2.07. The molecular formula is C18H21N5O3S. The summed E-state index contributed by atoms with van der Waals surface area (Å²) in [6.07, 6.45) is 4.10. The molecule has 0 saturated carbocycles. The largest absolute Gasteiger partial charge is 0.345 e. The first kappa shape index (κ1) is 19.0. The zero-order valence-electron chi connectivity index (χ0n) is 15.2. The molecule has 2 heterocycles. The second-order valence-electron chi connectivity index (χ2n) is 6.03. The Kier molecular flexibility index (Phi) is 5.52. The van der Waals surface area contributed by atoms with Crippen LogP contribution in [-0.2, 0) is 30.0 Å². The van der Waals surface area contributed by atoms with Gasteiger partial charge in [0, 0.05) is 31.5 Å². The van der Waals surface area contributed by atoms with Gasteiger partial charge in [-0.25, -0.2) is 22.6 Å². The third-order valence-electron chi connectivity index (χ3n) is 4.22. The van der Waals surface area contributed by atoms with Crippen molar-refractivity contribution in [2.45, 2.75) is 24.8 Å². The van der Waals surface area contributed by atoms with Crippen LogP contribution in [0.1, 0.15) is 12.5 Å². The molecule has 8 nitrogen and oxygen atoms in total. The lowest BCUT2D eigenvalue weighted by molar-refractivity contribution is 0.551. The molecule has 27 heavy (non-hydrogen) atoms. The number of sulfonamides is 1. The van der Waals surface area contributed by atoms with Gasteiger partial charge in [-0.2, -0.15) is 0 Å². The van der Waals surface area contributed by atoms with Crippen molar-refractivity contribution in [1.29, 1.82) is 0 Å². The van der Waals surface area contributed by atoms with E-state index in [2.05, 4.69) is 14.8 Å². The highest BCUT2D eigenvalue weighted by atomic mass is 32.2. The van der Waals surface area contributed by atoms with Gasteiger partial charge in [0.25, 0.3) is 0 Å². The highest BCUT2D eigenvalue weighted by Gasteiger charge is 2.15. The van der Waals surface area contributed by atoms with Crippen LogP contribution in [0.25, 0.3) is 11.4 Å². The van der Waals surface area contributed by atoms with E-state index in [1.54, 1.807) is 49.8 Å². The van der Waals surface area contributed by atoms with Crippen LogP contribution in [0.5, 0.6) is 0 Å². The van der Waals surface area contributed by atoms with Gasteiger partial charge in [-0.1, -0.05) is 19.1 Å². The second kappa shape index (κ2) is 7.85. The average Bonchev–Trinajstić information content (AvgIpc) is 2.97. The van der Waals surface area contributed by atoms with Crippen molar-refractivity contribution in [2.75, 3.05) is 6.54 Å². The monoisotopic (exact) mass is 387 g/mol. The number of benzene rings is 1. The molecule has 0 aliphatic rings. The van der Waals surface area contributed by atoms with Gasteiger partial charge in [0.15, 0.2) is 5.82 Å². The first-order valence-electron chi connectivity index (χ1n) is 8.55. The normalized spacial score (nSPS) is 11.6. The maximum Gasteiger partial charge on any atom is 0.345 e. The van der Waals surface area contributed by atoms with Crippen molar-refractivity contribution in [2.24, 2.45) is 7.05 Å². The van der Waals surface area contributed by atoms with Crippen LogP contribution in [0.3, 0.4) is 0 Å². The molecule has 0 unspecified atom stereocenters. The summed E-state index contributed by atoms with van der Waals surface area (Å²) in [5.41, 5.74) is 1.46. The molecule has 0 radical (unpaired) electrons. The van der Waals surface area contributed by atoms with E-state index in [9.17, 15) is 13.2 Å². The topological polar surface area (TPSA) is 98.9 Å². The highest BCUT2D eigenvalue weighted by molar-refractivity contribution is 7.89. The zero-order valence-corrected chi connectivity index (χ0v) is 16.0. The molecule has 3 aromatic rings. The van der Waals surface area contributed by atoms with Gasteiger partial charge in [-0.3, -0.25) is 9.55 Å². The third-order valence-corrected chi connectivity index (χ3v) is 5.70. The van der Waals surface area contributed by atoms with Crippen LogP contribution in [-0.4, -0.2) is 34.3 Å². The van der Waals surface area contributed by atoms with E-state index in [-0.39, 0.29) is 23.7 Å². The fraction of sp³-hybridized carbons (Fsp3) is 0.278. The maximum atomic E-state index is 12.4. The van der Waals surface area contributed by atoms with Crippen molar-refractivity contribution >= 4 is 10.0 Å². The summed E-state index contributed by atoms with van der Waals surface area (Å²) >= 11 is 0. The molecule has 142 valence electrons. The minimum atomic E-state index is -3.63. The fourth-order valence-corrected chi connectivity index (χ4v) is 3.67. The third kappa shape index (κ3) is 4.15. The summed E-state index contributed by atoms with van der Waals surface area (Å²) < 4.78 is 29.9. The lowest BCUT2D eigenvalue weighted by Crippen LogP contribution is -2.31. The summed E-state index contributed by atoms with van der Waals surface area (Å²) in [6.45, 7) is 2.19. The van der Waals surface area contributed by atoms with E-state index in [1.165, 1.54) is 9.25 Å². The molecule has 0 bridgehead atoms. The Morgan fingerprint density at radius 3 is 2.52 bits per heavy atom. The summed E-state index contributed by atoms with van der Waals surface area (Å²) in [5, 5.41) is 4.29. The molecule has 0 fully saturated rings. The van der Waals surface area contributed by atoms with Gasteiger partial charge in [-0.15, -0.1) is 5.10 Å². The first-order chi connectivity index (χ1) is 12.9. The van der Waals surface area contributed by atoms with Crippen molar-refractivity contribution < 1.29 is 8.42 Å². The van der Waals surface area contributed by atoms with Gasteiger partial charge in [-0.05, 0) is 36.2 Å². The lowest BCUT2D eigenvalue weighted by atomic mass is 10.2. The van der Waals surface area contributed by atoms with Crippen LogP contribution in [0.4, 0.5) is 0 Å². The van der Waals surface area contributed by atoms with Gasteiger partial charge in [0.2, 0.25) is 10.0 Å². The van der Waals surface area contributed by atoms with Crippen LogP contribution < -0.4 is 10.4 Å². The van der Waals surface area contributed by atoms with Gasteiger partial charge >= 0.3 is 5.69 Å². The molecule has 9 heteroatoms. The fourth-order valence-electron chi connectivity index (χ4n) is 2.65. The predicted molar refractivity (Wildman–Crippen MR) is 102 cm³/mol. The number of hydrogen-bond acceptors (Lipinski definition) is 5. The standard InChI is InChI=1S/C18H21N5O3S/c1-3-14-6-8-16(9-7-14)27(25,26)20-11-12-23-18(24)22(2)17(21-23)15-5-4-10-19-13-15/h4-10,13,20H,3,11-12H2,1-2H3. The van der Waals surface area contributed by atoms with E-state index in [4.69, 9.17) is 0 Å². The minimum Gasteiger partial charge on any atom is -0.278 e. The van der Waals surface area contributed by atoms with Crippen LogP contribution in [0.2, 0.25) is 0 Å². The summed E-state index contributed by atoms with van der Waals surface area (Å²) in [6, 6.07) is 10.3. The van der Waals surface area contributed by atoms with Gasteiger partial charge in [0.05, 0.1) is 11.4 Å². The SMILES string of the molecule is CCc1ccc(S(=O)(=O)NCCn2nc(-c3cccnc3)n(C)c2=O)cc1. The average molecular weight is 387 g/mol. The molecule has 1 aromatic carbocycles. The molecule has 3 rings (SSSR count). The van der Waals surface area contributed by atoms with Gasteiger partial charge < -0.3 is 0 Å². The molecule has 0 saturated heterocycles. The molecule has 0 aliphatic carbocycles. The second-order valence-corrected chi connectivity index (χ2v) is 7.79. The number of aromatic nitrogens is 4. The number of pyridine rings is 1. The predicted octanol–water partition coefficient (Wildman–Crippen LogP) is 1.18. The summed E-state index contributed by atoms with van der Waals surface area (Å²) in [7, 11) is -2.02. The molecular weight excluding hydrogens is 366 g/mol. The Balaban J connectivity index is 1.71. The molecule has 0 spiro atoms. The number of nitrogens with zero attached hydrogens (tertiary/aromatic N) is 4. The Morgan fingerprint density at radius 2 is 1.89 bits per heavy atom. The number of aryl methyl sites for hydroxylation is 1. The quantitative estimate of drug-likeness (QED) is 0.656. The Labute approximate surface area is 157 Å². The Morgan fingerprint density at radius 1 is 1.15 bits per heavy atom. The van der Waals surface area contributed by atoms with Crippen molar-refractivity contribution in [3.8, 4) is 11.4 Å². The first-order valence-corrected chi connectivity index (χ1v) is 10.0. The molecule has 1 N–H and O–H groups in total. The smallest absolute Gasteiger partial charge is 0.278 e. The van der Waals surface area contributed by atoms with Crippen LogP contribution in [0, 0.1) is 0 Å². The highest BCUT2D eigenvalue weighted by Crippen LogP contribution is 2.13. The number of rotatable bonds is 7. The summed E-state index contributed by atoms with van der Waals surface area (Å²) in [4.78, 5) is 16.5. The zero-order chi connectivity index (χ0) is 19.4. The Bertz CT molecular complexity index is 1070.